The lowest BCUT2D eigenvalue weighted by Gasteiger charge is -2.22. The maximum absolute atomic E-state index is 12.5. The molecule has 0 aliphatic heterocycles. The average molecular weight is 397 g/mol. The highest BCUT2D eigenvalue weighted by Gasteiger charge is 2.19. The molecule has 2 aromatic carbocycles. The first-order valence-corrected chi connectivity index (χ1v) is 9.94. The van der Waals surface area contributed by atoms with Gasteiger partial charge in [-0.25, -0.2) is 4.79 Å². The number of methoxy groups -OCH3 is 1. The van der Waals surface area contributed by atoms with Gasteiger partial charge in [0, 0.05) is 6.42 Å². The van der Waals surface area contributed by atoms with Crippen LogP contribution in [-0.2, 0) is 6.42 Å². The lowest BCUT2D eigenvalue weighted by Crippen LogP contribution is -2.35. The van der Waals surface area contributed by atoms with Crippen molar-refractivity contribution in [3.8, 4) is 5.75 Å². The van der Waals surface area contributed by atoms with Gasteiger partial charge in [-0.2, -0.15) is 0 Å². The van der Waals surface area contributed by atoms with Crippen LogP contribution in [-0.4, -0.2) is 23.3 Å². The number of carbonyl (C=O) groups is 1. The third kappa shape index (κ3) is 5.29. The maximum Gasteiger partial charge on any atom is 0.321 e. The summed E-state index contributed by atoms with van der Waals surface area (Å²) in [7, 11) is 1.64. The summed E-state index contributed by atoms with van der Waals surface area (Å²) in [5.74, 6) is 1.06. The lowest BCUT2D eigenvalue weighted by molar-refractivity contribution is 0.244. The van der Waals surface area contributed by atoms with Crippen molar-refractivity contribution < 1.29 is 9.53 Å². The number of ether oxygens (including phenoxy) is 1. The number of nitrogens with zero attached hydrogens (tertiary/aromatic N) is 2. The number of amides is 2. The van der Waals surface area contributed by atoms with Crippen LogP contribution in [0.1, 0.15) is 36.0 Å². The minimum Gasteiger partial charge on any atom is -0.497 e. The molecule has 146 valence electrons. The van der Waals surface area contributed by atoms with E-state index in [1.807, 2.05) is 54.6 Å². The Hall–Kier alpha value is -2.93. The van der Waals surface area contributed by atoms with Gasteiger partial charge < -0.3 is 10.1 Å². The fourth-order valence-corrected chi connectivity index (χ4v) is 3.67. The summed E-state index contributed by atoms with van der Waals surface area (Å²) >= 11 is 1.37. The zero-order chi connectivity index (χ0) is 19.9. The standard InChI is InChI=1S/C21H24N4O2S/c1-14(2)19(16-9-5-4-6-10-16)22-20(26)23-21-25-24-18(28-21)13-15-8-7-11-17(12-15)27-3/h4-12,14,19H,13H2,1-3H3,(H2,22,23,25,26). The summed E-state index contributed by atoms with van der Waals surface area (Å²) in [6.07, 6.45) is 0.636. The van der Waals surface area contributed by atoms with Crippen molar-refractivity contribution in [2.45, 2.75) is 26.3 Å². The highest BCUT2D eigenvalue weighted by Crippen LogP contribution is 2.23. The minimum atomic E-state index is -0.286. The second kappa shape index (κ2) is 9.32. The van der Waals surface area contributed by atoms with Gasteiger partial charge in [0.15, 0.2) is 0 Å². The van der Waals surface area contributed by atoms with Crippen LogP contribution >= 0.6 is 11.3 Å². The van der Waals surface area contributed by atoms with E-state index in [-0.39, 0.29) is 18.0 Å². The first-order valence-electron chi connectivity index (χ1n) is 9.13. The first-order chi connectivity index (χ1) is 13.5. The van der Waals surface area contributed by atoms with Gasteiger partial charge in [-0.15, -0.1) is 10.2 Å². The molecule has 3 aromatic rings. The number of anilines is 1. The van der Waals surface area contributed by atoms with E-state index in [0.29, 0.717) is 11.6 Å². The summed E-state index contributed by atoms with van der Waals surface area (Å²) in [6, 6.07) is 17.4. The molecule has 2 N–H and O–H groups in total. The maximum atomic E-state index is 12.5. The highest BCUT2D eigenvalue weighted by molar-refractivity contribution is 7.15. The number of nitrogens with one attached hydrogen (secondary N) is 2. The summed E-state index contributed by atoms with van der Waals surface area (Å²) in [5.41, 5.74) is 2.15. The van der Waals surface area contributed by atoms with Crippen LogP contribution in [0, 0.1) is 5.92 Å². The summed E-state index contributed by atoms with van der Waals surface area (Å²) in [4.78, 5) is 12.5. The molecule has 0 saturated heterocycles. The number of carbonyl (C=O) groups excluding carboxylic acids is 1. The van der Waals surface area contributed by atoms with Crippen LogP contribution in [0.3, 0.4) is 0 Å². The van der Waals surface area contributed by atoms with Crippen LogP contribution in [0.15, 0.2) is 54.6 Å². The molecular formula is C21H24N4O2S. The van der Waals surface area contributed by atoms with Crippen LogP contribution in [0.4, 0.5) is 9.93 Å². The summed E-state index contributed by atoms with van der Waals surface area (Å²) in [5, 5.41) is 15.4. The minimum absolute atomic E-state index is 0.0784. The van der Waals surface area contributed by atoms with Crippen molar-refractivity contribution in [2.24, 2.45) is 5.92 Å². The Balaban J connectivity index is 1.61. The van der Waals surface area contributed by atoms with Gasteiger partial charge in [-0.3, -0.25) is 5.32 Å². The topological polar surface area (TPSA) is 76.1 Å². The van der Waals surface area contributed by atoms with Crippen LogP contribution in [0.5, 0.6) is 5.75 Å². The van der Waals surface area contributed by atoms with Crippen molar-refractivity contribution >= 4 is 22.5 Å². The van der Waals surface area contributed by atoms with Crippen molar-refractivity contribution in [1.29, 1.82) is 0 Å². The van der Waals surface area contributed by atoms with Gasteiger partial charge in [-0.05, 0) is 29.2 Å². The molecule has 3 rings (SSSR count). The molecule has 28 heavy (non-hydrogen) atoms. The van der Waals surface area contributed by atoms with Gasteiger partial charge in [0.2, 0.25) is 5.13 Å². The van der Waals surface area contributed by atoms with Crippen LogP contribution in [0.25, 0.3) is 0 Å². The predicted molar refractivity (Wildman–Crippen MR) is 112 cm³/mol. The second-order valence-corrected chi connectivity index (χ2v) is 7.82. The van der Waals surface area contributed by atoms with Gasteiger partial charge in [0.05, 0.1) is 13.2 Å². The number of benzene rings is 2. The van der Waals surface area contributed by atoms with E-state index < -0.39 is 0 Å². The van der Waals surface area contributed by atoms with Gasteiger partial charge in [0.25, 0.3) is 0 Å². The van der Waals surface area contributed by atoms with Crippen molar-refractivity contribution in [3.63, 3.8) is 0 Å². The van der Waals surface area contributed by atoms with E-state index in [9.17, 15) is 4.79 Å². The Labute approximate surface area is 169 Å². The molecule has 0 bridgehead atoms. The van der Waals surface area contributed by atoms with Gasteiger partial charge in [-0.1, -0.05) is 67.6 Å². The highest BCUT2D eigenvalue weighted by atomic mass is 32.1. The number of aromatic nitrogens is 2. The second-order valence-electron chi connectivity index (χ2n) is 6.76. The average Bonchev–Trinajstić information content (AvgIpc) is 3.13. The molecule has 0 aliphatic rings. The third-order valence-corrected chi connectivity index (χ3v) is 5.13. The molecule has 1 aromatic heterocycles. The number of hydrogen-bond acceptors (Lipinski definition) is 5. The molecule has 1 atom stereocenters. The molecule has 7 heteroatoms. The van der Waals surface area contributed by atoms with Gasteiger partial charge in [0.1, 0.15) is 10.8 Å². The SMILES string of the molecule is COc1cccc(Cc2nnc(NC(=O)NC(c3ccccc3)C(C)C)s2)c1. The molecule has 0 aliphatic carbocycles. The van der Waals surface area contributed by atoms with E-state index in [1.54, 1.807) is 7.11 Å². The number of rotatable bonds is 7. The Kier molecular flexibility index (Phi) is 6.60. The lowest BCUT2D eigenvalue weighted by atomic mass is 9.96. The van der Waals surface area contributed by atoms with Crippen molar-refractivity contribution in [1.82, 2.24) is 15.5 Å². The molecule has 2 amide bonds. The molecule has 0 radical (unpaired) electrons. The first kappa shape index (κ1) is 19.8. The van der Waals surface area contributed by atoms with Crippen LogP contribution in [0.2, 0.25) is 0 Å². The molecule has 1 heterocycles. The Morgan fingerprint density at radius 2 is 1.89 bits per heavy atom. The predicted octanol–water partition coefficient (Wildman–Crippen LogP) is 4.66. The van der Waals surface area contributed by atoms with Crippen molar-refractivity contribution in [2.75, 3.05) is 12.4 Å². The molecule has 0 spiro atoms. The number of hydrogen-bond donors (Lipinski definition) is 2. The van der Waals surface area contributed by atoms with E-state index in [2.05, 4.69) is 34.7 Å². The Morgan fingerprint density at radius 1 is 1.11 bits per heavy atom. The monoisotopic (exact) mass is 396 g/mol. The smallest absolute Gasteiger partial charge is 0.321 e. The molecule has 1 unspecified atom stereocenters. The zero-order valence-electron chi connectivity index (χ0n) is 16.2. The van der Waals surface area contributed by atoms with Gasteiger partial charge >= 0.3 is 6.03 Å². The van der Waals surface area contributed by atoms with E-state index in [0.717, 1.165) is 21.9 Å². The molecule has 6 nitrogen and oxygen atoms in total. The van der Waals surface area contributed by atoms with Crippen molar-refractivity contribution in [3.05, 3.63) is 70.7 Å². The molecular weight excluding hydrogens is 372 g/mol. The number of urea groups is 1. The molecule has 0 fully saturated rings. The molecule has 0 saturated carbocycles. The fraction of sp³-hybridized carbons (Fsp3) is 0.286. The van der Waals surface area contributed by atoms with E-state index >= 15 is 0 Å². The fourth-order valence-electron chi connectivity index (χ4n) is 2.90. The van der Waals surface area contributed by atoms with E-state index in [4.69, 9.17) is 4.74 Å². The van der Waals surface area contributed by atoms with Crippen LogP contribution < -0.4 is 15.4 Å². The van der Waals surface area contributed by atoms with E-state index in [1.165, 1.54) is 11.3 Å². The summed E-state index contributed by atoms with van der Waals surface area (Å²) < 4.78 is 5.25. The third-order valence-electron chi connectivity index (χ3n) is 4.29. The Bertz CT molecular complexity index is 912. The summed E-state index contributed by atoms with van der Waals surface area (Å²) in [6.45, 7) is 4.16. The Morgan fingerprint density at radius 3 is 2.61 bits per heavy atom. The zero-order valence-corrected chi connectivity index (χ0v) is 17.0. The largest absolute Gasteiger partial charge is 0.497 e. The normalized spacial score (nSPS) is 11.9. The quantitative estimate of drug-likeness (QED) is 0.609.